The van der Waals surface area contributed by atoms with Gasteiger partial charge in [0, 0.05) is 0 Å². The van der Waals surface area contributed by atoms with E-state index in [-0.39, 0.29) is 36.2 Å². The van der Waals surface area contributed by atoms with E-state index < -0.39 is 24.1 Å². The number of carboxylic acids is 1. The SMILES string of the molecule is CCCCCCCCCCCCOC(=O)C(O)C(O)C(=O)[O-].[Na+]. The van der Waals surface area contributed by atoms with Crippen molar-refractivity contribution in [1.29, 1.82) is 0 Å². The van der Waals surface area contributed by atoms with Gasteiger partial charge in [-0.2, -0.15) is 0 Å². The number of rotatable bonds is 14. The maximum Gasteiger partial charge on any atom is 1.00 e. The zero-order valence-corrected chi connectivity index (χ0v) is 16.5. The number of esters is 1. The molecule has 0 aromatic carbocycles. The Bertz CT molecular complexity index is 311. The average molecular weight is 340 g/mol. The molecular weight excluding hydrogens is 311 g/mol. The van der Waals surface area contributed by atoms with Crippen molar-refractivity contribution in [2.24, 2.45) is 0 Å². The van der Waals surface area contributed by atoms with Crippen molar-refractivity contribution in [2.75, 3.05) is 6.61 Å². The first kappa shape index (κ1) is 25.1. The van der Waals surface area contributed by atoms with Crippen LogP contribution in [0.3, 0.4) is 0 Å². The van der Waals surface area contributed by atoms with E-state index in [9.17, 15) is 19.8 Å². The molecule has 130 valence electrons. The molecule has 0 heterocycles. The van der Waals surface area contributed by atoms with Gasteiger partial charge in [0.1, 0.15) is 6.10 Å². The number of hydrogen-bond donors (Lipinski definition) is 2. The van der Waals surface area contributed by atoms with Crippen LogP contribution in [0.25, 0.3) is 0 Å². The van der Waals surface area contributed by atoms with Gasteiger partial charge in [0.2, 0.25) is 0 Å². The Morgan fingerprint density at radius 2 is 1.30 bits per heavy atom. The first-order valence-electron chi connectivity index (χ1n) is 8.24. The quantitative estimate of drug-likeness (QED) is 0.214. The number of ether oxygens (including phenoxy) is 1. The third-order valence-electron chi connectivity index (χ3n) is 3.52. The molecular formula is C16H29NaO6. The molecule has 0 aliphatic carbocycles. The number of carbonyl (C=O) groups is 2. The third kappa shape index (κ3) is 14.0. The number of aliphatic hydroxyl groups is 2. The number of carboxylic acid groups (broad SMARTS) is 1. The van der Waals surface area contributed by atoms with E-state index >= 15 is 0 Å². The van der Waals surface area contributed by atoms with E-state index in [0.29, 0.717) is 6.42 Å². The fourth-order valence-electron chi connectivity index (χ4n) is 2.11. The Kier molecular flexibility index (Phi) is 18.2. The largest absolute Gasteiger partial charge is 1.00 e. The zero-order valence-electron chi connectivity index (χ0n) is 14.5. The number of unbranched alkanes of at least 4 members (excludes halogenated alkanes) is 9. The predicted octanol–water partition coefficient (Wildman–Crippen LogP) is -2.07. The predicted molar refractivity (Wildman–Crippen MR) is 79.8 cm³/mol. The molecule has 0 aromatic heterocycles. The molecule has 0 rings (SSSR count). The summed E-state index contributed by atoms with van der Waals surface area (Å²) in [6.45, 7) is 2.32. The van der Waals surface area contributed by atoms with Crippen molar-refractivity contribution in [3.05, 3.63) is 0 Å². The van der Waals surface area contributed by atoms with Gasteiger partial charge in [0.05, 0.1) is 12.6 Å². The summed E-state index contributed by atoms with van der Waals surface area (Å²) >= 11 is 0. The Labute approximate surface area is 160 Å². The third-order valence-corrected chi connectivity index (χ3v) is 3.52. The smallest absolute Gasteiger partial charge is 0.547 e. The summed E-state index contributed by atoms with van der Waals surface area (Å²) in [6, 6.07) is 0. The maximum atomic E-state index is 11.2. The average Bonchev–Trinajstić information content (AvgIpc) is 2.50. The van der Waals surface area contributed by atoms with Crippen LogP contribution in [0.15, 0.2) is 0 Å². The molecule has 0 aromatic rings. The topological polar surface area (TPSA) is 107 Å². The van der Waals surface area contributed by atoms with E-state index in [4.69, 9.17) is 9.84 Å². The van der Waals surface area contributed by atoms with Gasteiger partial charge in [0.15, 0.2) is 6.10 Å². The van der Waals surface area contributed by atoms with E-state index in [1.165, 1.54) is 38.5 Å². The van der Waals surface area contributed by atoms with Gasteiger partial charge in [-0.3, -0.25) is 0 Å². The molecule has 0 saturated carbocycles. The van der Waals surface area contributed by atoms with Crippen LogP contribution in [0.4, 0.5) is 0 Å². The fourth-order valence-corrected chi connectivity index (χ4v) is 2.11. The summed E-state index contributed by atoms with van der Waals surface area (Å²) in [7, 11) is 0. The molecule has 0 aliphatic heterocycles. The van der Waals surface area contributed by atoms with Gasteiger partial charge in [-0.05, 0) is 6.42 Å². The van der Waals surface area contributed by atoms with Crippen LogP contribution in [0.2, 0.25) is 0 Å². The fraction of sp³-hybridized carbons (Fsp3) is 0.875. The molecule has 2 N–H and O–H groups in total. The van der Waals surface area contributed by atoms with Gasteiger partial charge in [-0.1, -0.05) is 64.7 Å². The number of aliphatic carboxylic acids is 1. The molecule has 7 heteroatoms. The summed E-state index contributed by atoms with van der Waals surface area (Å²) in [5.74, 6) is -3.03. The van der Waals surface area contributed by atoms with Crippen LogP contribution in [0.5, 0.6) is 0 Å². The molecule has 0 saturated heterocycles. The second kappa shape index (κ2) is 16.7. The first-order valence-corrected chi connectivity index (χ1v) is 8.24. The molecule has 23 heavy (non-hydrogen) atoms. The summed E-state index contributed by atoms with van der Waals surface area (Å²) in [6.07, 6.45) is 7.13. The van der Waals surface area contributed by atoms with E-state index in [1.807, 2.05) is 0 Å². The minimum atomic E-state index is -2.25. The van der Waals surface area contributed by atoms with Crippen molar-refractivity contribution < 1.29 is 59.2 Å². The van der Waals surface area contributed by atoms with Crippen molar-refractivity contribution in [3.8, 4) is 0 Å². The molecule has 0 fully saturated rings. The van der Waals surface area contributed by atoms with Crippen LogP contribution in [-0.2, 0) is 14.3 Å². The molecule has 6 nitrogen and oxygen atoms in total. The molecule has 2 unspecified atom stereocenters. The summed E-state index contributed by atoms with van der Waals surface area (Å²) in [4.78, 5) is 21.5. The minimum Gasteiger partial charge on any atom is -0.547 e. The Morgan fingerprint density at radius 3 is 1.74 bits per heavy atom. The van der Waals surface area contributed by atoms with Gasteiger partial charge in [-0.25, -0.2) is 4.79 Å². The van der Waals surface area contributed by atoms with E-state index in [1.54, 1.807) is 0 Å². The summed E-state index contributed by atoms with van der Waals surface area (Å²) in [5.41, 5.74) is 0. The van der Waals surface area contributed by atoms with Crippen molar-refractivity contribution in [3.63, 3.8) is 0 Å². The zero-order chi connectivity index (χ0) is 16.8. The second-order valence-corrected chi connectivity index (χ2v) is 5.56. The van der Waals surface area contributed by atoms with Crippen molar-refractivity contribution >= 4 is 11.9 Å². The Balaban J connectivity index is 0. The molecule has 0 bridgehead atoms. The molecule has 0 aliphatic rings. The van der Waals surface area contributed by atoms with Gasteiger partial charge >= 0.3 is 35.5 Å². The van der Waals surface area contributed by atoms with E-state index in [0.717, 1.165) is 19.3 Å². The molecule has 0 radical (unpaired) electrons. The van der Waals surface area contributed by atoms with Crippen LogP contribution in [0.1, 0.15) is 71.1 Å². The monoisotopic (exact) mass is 340 g/mol. The van der Waals surface area contributed by atoms with Crippen LogP contribution in [-0.4, -0.2) is 41.0 Å². The Morgan fingerprint density at radius 1 is 0.870 bits per heavy atom. The van der Waals surface area contributed by atoms with Crippen LogP contribution in [0, 0.1) is 0 Å². The van der Waals surface area contributed by atoms with E-state index in [2.05, 4.69) is 6.92 Å². The number of aliphatic hydroxyl groups excluding tert-OH is 2. The normalized spacial score (nSPS) is 13.0. The Hall–Kier alpha value is -0.140. The van der Waals surface area contributed by atoms with Gasteiger partial charge < -0.3 is 24.9 Å². The molecule has 0 amide bonds. The summed E-state index contributed by atoms with van der Waals surface area (Å²) in [5, 5.41) is 28.4. The van der Waals surface area contributed by atoms with Crippen LogP contribution < -0.4 is 34.7 Å². The van der Waals surface area contributed by atoms with Crippen LogP contribution >= 0.6 is 0 Å². The second-order valence-electron chi connectivity index (χ2n) is 5.56. The number of hydrogen-bond acceptors (Lipinski definition) is 6. The summed E-state index contributed by atoms with van der Waals surface area (Å²) < 4.78 is 4.71. The maximum absolute atomic E-state index is 11.2. The van der Waals surface area contributed by atoms with Gasteiger partial charge in [0.25, 0.3) is 0 Å². The molecule has 2 atom stereocenters. The molecule has 0 spiro atoms. The van der Waals surface area contributed by atoms with Crippen molar-refractivity contribution in [2.45, 2.75) is 83.3 Å². The first-order chi connectivity index (χ1) is 10.5. The minimum absolute atomic E-state index is 0. The van der Waals surface area contributed by atoms with Gasteiger partial charge in [-0.15, -0.1) is 0 Å². The number of carbonyl (C=O) groups excluding carboxylic acids is 2. The standard InChI is InChI=1S/C16H30O6.Na/c1-2-3-4-5-6-7-8-9-10-11-12-22-16(21)14(18)13(17)15(19)20;/h13-14,17-18H,2-12H2,1H3,(H,19,20);/q;+1/p-1. The van der Waals surface area contributed by atoms with Crippen molar-refractivity contribution in [1.82, 2.24) is 0 Å².